The molecule has 14 heteroatoms. The molecule has 1 unspecified atom stereocenters. The van der Waals surface area contributed by atoms with Gasteiger partial charge in [0.1, 0.15) is 18.1 Å². The Morgan fingerprint density at radius 3 is 2.31 bits per heavy atom. The van der Waals surface area contributed by atoms with E-state index < -0.39 is 11.5 Å². The standard InChI is InChI=1S/C38H45N5O9/c1-48-32-20-25-5-11-30(32)51-31-12-6-26(21-33(31)49-2)35(45)40-15-19-50-28-7-9-29(10-8-28)52-38(37(47)41-22-25)13-17-43(18-14-38)36(46)27-4-3-16-42(23-27)24-34(39)44/h5-12,20-21,27H,3-4,13-19,22-24H2,1-2H3,(H2,39,44)(H,40,45)(H,41,47). The maximum absolute atomic E-state index is 14.1. The highest BCUT2D eigenvalue weighted by Crippen LogP contribution is 2.38. The van der Waals surface area contributed by atoms with Gasteiger partial charge in [0, 0.05) is 44.6 Å². The van der Waals surface area contributed by atoms with E-state index in [0.29, 0.717) is 59.7 Å². The van der Waals surface area contributed by atoms with E-state index in [1.807, 2.05) is 11.0 Å². The molecule has 8 aliphatic heterocycles. The molecule has 2 fully saturated rings. The number of methoxy groups -OCH3 is 2. The Bertz CT molecular complexity index is 1770. The molecule has 1 atom stereocenters. The number of amides is 4. The number of likely N-dealkylation sites (tertiary alicyclic amines) is 2. The molecule has 0 aliphatic carbocycles. The molecule has 52 heavy (non-hydrogen) atoms. The number of rotatable bonds is 5. The zero-order valence-electron chi connectivity index (χ0n) is 29.5. The Morgan fingerprint density at radius 2 is 1.60 bits per heavy atom. The molecule has 3 aromatic carbocycles. The maximum Gasteiger partial charge on any atom is 0.264 e. The molecular formula is C38H45N5O9. The lowest BCUT2D eigenvalue weighted by Crippen LogP contribution is -2.59. The van der Waals surface area contributed by atoms with Crippen LogP contribution in [0.15, 0.2) is 60.7 Å². The van der Waals surface area contributed by atoms with Crippen LogP contribution in [0.25, 0.3) is 0 Å². The highest BCUT2D eigenvalue weighted by atomic mass is 16.5. The molecule has 0 aromatic heterocycles. The summed E-state index contributed by atoms with van der Waals surface area (Å²) in [5.41, 5.74) is 5.31. The van der Waals surface area contributed by atoms with Gasteiger partial charge in [0.05, 0.1) is 33.2 Å². The predicted octanol–water partition coefficient (Wildman–Crippen LogP) is 2.87. The number of carbonyl (C=O) groups is 4. The lowest BCUT2D eigenvalue weighted by atomic mass is 9.88. The molecule has 1 spiro atoms. The number of hydrogen-bond acceptors (Lipinski definition) is 10. The summed E-state index contributed by atoms with van der Waals surface area (Å²) in [6, 6.07) is 17.2. The molecule has 276 valence electrons. The predicted molar refractivity (Wildman–Crippen MR) is 190 cm³/mol. The number of hydrogen-bond donors (Lipinski definition) is 3. The van der Waals surface area contributed by atoms with Gasteiger partial charge in [-0.2, -0.15) is 0 Å². The van der Waals surface area contributed by atoms with Crippen LogP contribution in [0.1, 0.15) is 41.6 Å². The second kappa shape index (κ2) is 16.2. The molecule has 4 amide bonds. The second-order valence-electron chi connectivity index (χ2n) is 13.2. The maximum atomic E-state index is 14.1. The van der Waals surface area contributed by atoms with Crippen LogP contribution in [-0.2, 0) is 20.9 Å². The third-order valence-electron chi connectivity index (χ3n) is 9.65. The van der Waals surface area contributed by atoms with Crippen LogP contribution in [0.4, 0.5) is 0 Å². The van der Waals surface area contributed by atoms with E-state index in [1.54, 1.807) is 59.5 Å². The number of carbonyl (C=O) groups excluding carboxylic acids is 4. The minimum Gasteiger partial charge on any atom is -0.493 e. The Hall–Kier alpha value is -5.50. The summed E-state index contributed by atoms with van der Waals surface area (Å²) in [6.07, 6.45) is 2.09. The Balaban J connectivity index is 1.23. The van der Waals surface area contributed by atoms with Crippen molar-refractivity contribution in [3.05, 3.63) is 71.8 Å². The summed E-state index contributed by atoms with van der Waals surface area (Å²) >= 11 is 0. The van der Waals surface area contributed by atoms with E-state index in [9.17, 15) is 19.2 Å². The topological polar surface area (TPSA) is 171 Å². The van der Waals surface area contributed by atoms with Crippen molar-refractivity contribution in [2.75, 3.05) is 60.1 Å². The Kier molecular flexibility index (Phi) is 11.3. The summed E-state index contributed by atoms with van der Waals surface area (Å²) in [4.78, 5) is 55.8. The van der Waals surface area contributed by atoms with Crippen molar-refractivity contribution in [3.8, 4) is 34.5 Å². The minimum absolute atomic E-state index is 0.0131. The monoisotopic (exact) mass is 715 g/mol. The first-order valence-corrected chi connectivity index (χ1v) is 17.5. The van der Waals surface area contributed by atoms with Crippen LogP contribution in [0.2, 0.25) is 0 Å². The van der Waals surface area contributed by atoms with Crippen LogP contribution >= 0.6 is 0 Å². The van der Waals surface area contributed by atoms with Crippen LogP contribution in [0.3, 0.4) is 0 Å². The fourth-order valence-electron chi connectivity index (χ4n) is 6.87. The highest BCUT2D eigenvalue weighted by molar-refractivity contribution is 5.95. The van der Waals surface area contributed by atoms with Gasteiger partial charge in [0.25, 0.3) is 11.8 Å². The first-order chi connectivity index (χ1) is 25.2. The number of primary amides is 1. The molecular weight excluding hydrogens is 670 g/mol. The van der Waals surface area contributed by atoms with Crippen molar-refractivity contribution in [1.29, 1.82) is 0 Å². The lowest BCUT2D eigenvalue weighted by Gasteiger charge is -2.42. The number of ether oxygens (including phenoxy) is 5. The third-order valence-corrected chi connectivity index (χ3v) is 9.65. The SMILES string of the molecule is COc1cc2ccc1Oc1ccc(cc1OC)C(=O)NCCOc1ccc(cc1)OC1(CCN(C(=O)C3CCCN(CC(N)=O)C3)CC1)C(=O)NC2. The van der Waals surface area contributed by atoms with E-state index in [2.05, 4.69) is 10.6 Å². The molecule has 11 rings (SSSR count). The van der Waals surface area contributed by atoms with Crippen molar-refractivity contribution in [3.63, 3.8) is 0 Å². The number of nitrogens with one attached hydrogen (secondary N) is 2. The van der Waals surface area contributed by atoms with Crippen LogP contribution in [0, 0.1) is 5.92 Å². The quantitative estimate of drug-likeness (QED) is 0.357. The molecule has 4 N–H and O–H groups in total. The fraction of sp³-hybridized carbons (Fsp3) is 0.421. The second-order valence-corrected chi connectivity index (χ2v) is 13.2. The van der Waals surface area contributed by atoms with E-state index in [-0.39, 0.29) is 62.7 Å². The molecule has 3 aromatic rings. The van der Waals surface area contributed by atoms with Gasteiger partial charge in [-0.1, -0.05) is 6.07 Å². The Morgan fingerprint density at radius 1 is 0.904 bits per heavy atom. The first kappa shape index (κ1) is 36.3. The van der Waals surface area contributed by atoms with Crippen LogP contribution in [0.5, 0.6) is 34.5 Å². The van der Waals surface area contributed by atoms with Crippen molar-refractivity contribution in [1.82, 2.24) is 20.4 Å². The van der Waals surface area contributed by atoms with Crippen molar-refractivity contribution < 1.29 is 42.9 Å². The number of piperidine rings is 2. The molecule has 0 radical (unpaired) electrons. The van der Waals surface area contributed by atoms with Crippen LogP contribution < -0.4 is 40.1 Å². The van der Waals surface area contributed by atoms with Gasteiger partial charge < -0.3 is 45.0 Å². The summed E-state index contributed by atoms with van der Waals surface area (Å²) in [5.74, 6) is 1.41. The van der Waals surface area contributed by atoms with E-state index in [1.165, 1.54) is 14.2 Å². The van der Waals surface area contributed by atoms with Gasteiger partial charge in [-0.15, -0.1) is 0 Å². The van der Waals surface area contributed by atoms with Gasteiger partial charge in [-0.05, 0) is 79.5 Å². The summed E-state index contributed by atoms with van der Waals surface area (Å²) in [6.45, 7) is 2.65. The summed E-state index contributed by atoms with van der Waals surface area (Å²) < 4.78 is 29.7. The number of benzene rings is 3. The fourth-order valence-corrected chi connectivity index (χ4v) is 6.87. The van der Waals surface area contributed by atoms with Gasteiger partial charge in [0.2, 0.25) is 11.8 Å². The van der Waals surface area contributed by atoms with Gasteiger partial charge in [-0.25, -0.2) is 0 Å². The highest BCUT2D eigenvalue weighted by Gasteiger charge is 2.45. The van der Waals surface area contributed by atoms with Gasteiger partial charge in [0.15, 0.2) is 28.6 Å². The van der Waals surface area contributed by atoms with E-state index >= 15 is 0 Å². The smallest absolute Gasteiger partial charge is 0.264 e. The average molecular weight is 716 g/mol. The molecule has 14 nitrogen and oxygen atoms in total. The molecule has 8 heterocycles. The summed E-state index contributed by atoms with van der Waals surface area (Å²) in [5, 5.41) is 5.91. The zero-order valence-corrected chi connectivity index (χ0v) is 29.5. The molecule has 8 aliphatic rings. The van der Waals surface area contributed by atoms with Crippen molar-refractivity contribution >= 4 is 23.6 Å². The molecule has 6 bridgehead atoms. The largest absolute Gasteiger partial charge is 0.493 e. The van der Waals surface area contributed by atoms with Gasteiger partial charge >= 0.3 is 0 Å². The summed E-state index contributed by atoms with van der Waals surface area (Å²) in [7, 11) is 3.02. The van der Waals surface area contributed by atoms with Crippen LogP contribution in [-0.4, -0.2) is 99.1 Å². The minimum atomic E-state index is -1.25. The number of nitrogens with zero attached hydrogens (tertiary/aromatic N) is 2. The zero-order chi connectivity index (χ0) is 36.7. The average Bonchev–Trinajstić information content (AvgIpc) is 3.16. The molecule has 0 saturated carbocycles. The van der Waals surface area contributed by atoms with Crippen molar-refractivity contribution in [2.45, 2.75) is 37.8 Å². The lowest BCUT2D eigenvalue weighted by molar-refractivity contribution is -0.149. The third kappa shape index (κ3) is 8.51. The van der Waals surface area contributed by atoms with Crippen molar-refractivity contribution in [2.24, 2.45) is 11.7 Å². The molecule has 2 saturated heterocycles. The number of nitrogens with two attached hydrogens (primary N) is 1. The van der Waals surface area contributed by atoms with E-state index in [4.69, 9.17) is 29.4 Å². The Labute approximate surface area is 302 Å². The first-order valence-electron chi connectivity index (χ1n) is 17.5. The normalized spacial score (nSPS) is 19.5. The van der Waals surface area contributed by atoms with E-state index in [0.717, 1.165) is 24.9 Å². The van der Waals surface area contributed by atoms with Gasteiger partial charge in [-0.3, -0.25) is 24.1 Å².